The Balaban J connectivity index is 1.43. The largest absolute Gasteiger partial charge is 0.348 e. The molecule has 0 unspecified atom stereocenters. The van der Waals surface area contributed by atoms with Gasteiger partial charge in [-0.3, -0.25) is 14.7 Å². The lowest BCUT2D eigenvalue weighted by Gasteiger charge is -2.30. The van der Waals surface area contributed by atoms with Gasteiger partial charge in [0, 0.05) is 49.7 Å². The molecule has 3 aromatic rings. The number of nitrogens with zero attached hydrogens (tertiary/aromatic N) is 4. The molecule has 5 rings (SSSR count). The third kappa shape index (κ3) is 3.74. The van der Waals surface area contributed by atoms with Crippen molar-refractivity contribution in [2.75, 3.05) is 19.6 Å². The summed E-state index contributed by atoms with van der Waals surface area (Å²) in [5.41, 5.74) is 4.46. The van der Waals surface area contributed by atoms with Crippen LogP contribution in [0.15, 0.2) is 48.9 Å². The first-order valence-corrected chi connectivity index (χ1v) is 10.7. The highest BCUT2D eigenvalue weighted by Crippen LogP contribution is 2.46. The summed E-state index contributed by atoms with van der Waals surface area (Å²) in [7, 11) is 0. The van der Waals surface area contributed by atoms with Gasteiger partial charge in [-0.15, -0.1) is 0 Å². The number of fused-ring (bicyclic) bond motifs is 1. The van der Waals surface area contributed by atoms with Crippen LogP contribution in [-0.2, 0) is 6.54 Å². The maximum atomic E-state index is 14.1. The van der Waals surface area contributed by atoms with E-state index >= 15 is 0 Å². The van der Waals surface area contributed by atoms with Crippen LogP contribution >= 0.6 is 0 Å². The van der Waals surface area contributed by atoms with Gasteiger partial charge in [0.05, 0.1) is 23.6 Å². The summed E-state index contributed by atoms with van der Waals surface area (Å²) in [6.45, 7) is 7.14. The van der Waals surface area contributed by atoms with Gasteiger partial charge in [0.15, 0.2) is 0 Å². The molecule has 1 aromatic carbocycles. The summed E-state index contributed by atoms with van der Waals surface area (Å²) >= 11 is 0. The molecule has 7 heteroatoms. The number of aromatic amines is 1. The molecule has 2 fully saturated rings. The van der Waals surface area contributed by atoms with Crippen molar-refractivity contribution in [3.05, 3.63) is 82.9 Å². The molecule has 0 radical (unpaired) electrons. The molecule has 160 valence electrons. The first-order valence-electron chi connectivity index (χ1n) is 10.7. The normalized spacial score (nSPS) is 23.3. The molecular weight excluding hydrogens is 393 g/mol. The van der Waals surface area contributed by atoms with Gasteiger partial charge in [-0.05, 0) is 49.6 Å². The SMILES string of the molecule is Cc1ccc(C(=O)N2C[C@@H]3CN(Cc4nc[nH]c4C)C[C@@H]3[C@H]2c2cccc(F)c2)cn1. The fourth-order valence-electron chi connectivity index (χ4n) is 5.11. The third-order valence-electron chi connectivity index (χ3n) is 6.66. The smallest absolute Gasteiger partial charge is 0.255 e. The highest BCUT2D eigenvalue weighted by Gasteiger charge is 2.49. The van der Waals surface area contributed by atoms with Gasteiger partial charge in [0.25, 0.3) is 5.91 Å². The molecule has 2 aliphatic heterocycles. The number of amides is 1. The average Bonchev–Trinajstić information content (AvgIpc) is 3.43. The van der Waals surface area contributed by atoms with Gasteiger partial charge in [-0.25, -0.2) is 9.37 Å². The number of halogens is 1. The van der Waals surface area contributed by atoms with E-state index < -0.39 is 0 Å². The maximum Gasteiger partial charge on any atom is 0.255 e. The van der Waals surface area contributed by atoms with E-state index in [-0.39, 0.29) is 23.7 Å². The van der Waals surface area contributed by atoms with E-state index in [0.717, 1.165) is 42.3 Å². The van der Waals surface area contributed by atoms with E-state index in [2.05, 4.69) is 19.9 Å². The van der Waals surface area contributed by atoms with Crippen molar-refractivity contribution in [2.24, 2.45) is 11.8 Å². The Morgan fingerprint density at radius 2 is 2.03 bits per heavy atom. The maximum absolute atomic E-state index is 14.1. The molecule has 4 heterocycles. The van der Waals surface area contributed by atoms with Crippen molar-refractivity contribution in [3.63, 3.8) is 0 Å². The lowest BCUT2D eigenvalue weighted by atomic mass is 9.89. The van der Waals surface area contributed by atoms with Crippen molar-refractivity contribution < 1.29 is 9.18 Å². The summed E-state index contributed by atoms with van der Waals surface area (Å²) in [5, 5.41) is 0. The third-order valence-corrected chi connectivity index (χ3v) is 6.66. The van der Waals surface area contributed by atoms with Crippen LogP contribution in [-0.4, -0.2) is 50.3 Å². The quantitative estimate of drug-likeness (QED) is 0.703. The van der Waals surface area contributed by atoms with Crippen LogP contribution in [0.3, 0.4) is 0 Å². The van der Waals surface area contributed by atoms with E-state index in [9.17, 15) is 9.18 Å². The molecule has 2 aromatic heterocycles. The van der Waals surface area contributed by atoms with Crippen LogP contribution in [0.25, 0.3) is 0 Å². The molecular formula is C24H26FN5O. The van der Waals surface area contributed by atoms with E-state index in [1.165, 1.54) is 6.07 Å². The van der Waals surface area contributed by atoms with Gasteiger partial charge in [-0.2, -0.15) is 0 Å². The molecule has 6 nitrogen and oxygen atoms in total. The summed E-state index contributed by atoms with van der Waals surface area (Å²) in [4.78, 5) is 29.6. The Morgan fingerprint density at radius 1 is 1.16 bits per heavy atom. The highest BCUT2D eigenvalue weighted by molar-refractivity contribution is 5.94. The van der Waals surface area contributed by atoms with E-state index in [1.807, 2.05) is 36.9 Å². The molecule has 0 saturated carbocycles. The zero-order chi connectivity index (χ0) is 21.5. The number of pyridine rings is 1. The first kappa shape index (κ1) is 19.9. The fraction of sp³-hybridized carbons (Fsp3) is 0.375. The number of hydrogen-bond acceptors (Lipinski definition) is 4. The van der Waals surface area contributed by atoms with E-state index in [4.69, 9.17) is 0 Å². The Labute approximate surface area is 181 Å². The van der Waals surface area contributed by atoms with Gasteiger partial charge >= 0.3 is 0 Å². The summed E-state index contributed by atoms with van der Waals surface area (Å²) < 4.78 is 14.1. The van der Waals surface area contributed by atoms with Crippen molar-refractivity contribution in [2.45, 2.75) is 26.4 Å². The van der Waals surface area contributed by atoms with E-state index in [1.54, 1.807) is 24.7 Å². The summed E-state index contributed by atoms with van der Waals surface area (Å²) in [6.07, 6.45) is 3.37. The van der Waals surface area contributed by atoms with Crippen molar-refractivity contribution in [3.8, 4) is 0 Å². The van der Waals surface area contributed by atoms with Crippen molar-refractivity contribution >= 4 is 5.91 Å². The Hall–Kier alpha value is -3.06. The lowest BCUT2D eigenvalue weighted by molar-refractivity contribution is 0.0699. The standard InChI is InChI=1S/C24H26FN5O/c1-15-6-7-18(9-26-15)24(31)30-11-19-10-29(13-22-16(2)27-14-28-22)12-21(19)23(30)17-4-3-5-20(25)8-17/h3-9,14,19,21,23H,10-13H2,1-2H3,(H,27,28)/t19-,21-,23+/m0/s1. The molecule has 2 aliphatic rings. The minimum absolute atomic E-state index is 0.0362. The minimum Gasteiger partial charge on any atom is -0.348 e. The van der Waals surface area contributed by atoms with Crippen LogP contribution in [0.5, 0.6) is 0 Å². The predicted octanol–water partition coefficient (Wildman–Crippen LogP) is 3.51. The Kier molecular flexibility index (Phi) is 5.06. The number of carbonyl (C=O) groups excluding carboxylic acids is 1. The van der Waals surface area contributed by atoms with Gasteiger partial charge in [0.1, 0.15) is 5.82 Å². The second-order valence-corrected chi connectivity index (χ2v) is 8.74. The molecule has 0 bridgehead atoms. The van der Waals surface area contributed by atoms with E-state index in [0.29, 0.717) is 18.0 Å². The van der Waals surface area contributed by atoms with Crippen molar-refractivity contribution in [1.29, 1.82) is 0 Å². The van der Waals surface area contributed by atoms with Crippen LogP contribution in [0, 0.1) is 31.5 Å². The number of imidazole rings is 1. The molecule has 3 atom stereocenters. The number of hydrogen-bond donors (Lipinski definition) is 1. The zero-order valence-corrected chi connectivity index (χ0v) is 17.8. The first-order chi connectivity index (χ1) is 15.0. The highest BCUT2D eigenvalue weighted by atomic mass is 19.1. The predicted molar refractivity (Wildman–Crippen MR) is 115 cm³/mol. The molecule has 1 amide bonds. The van der Waals surface area contributed by atoms with Crippen LogP contribution in [0.2, 0.25) is 0 Å². The number of aromatic nitrogens is 3. The van der Waals surface area contributed by atoms with Crippen molar-refractivity contribution in [1.82, 2.24) is 24.8 Å². The number of aryl methyl sites for hydroxylation is 2. The summed E-state index contributed by atoms with van der Waals surface area (Å²) in [6, 6.07) is 10.2. The molecule has 31 heavy (non-hydrogen) atoms. The average molecular weight is 420 g/mol. The van der Waals surface area contributed by atoms with Crippen LogP contribution < -0.4 is 0 Å². The molecule has 1 N–H and O–H groups in total. The summed E-state index contributed by atoms with van der Waals surface area (Å²) in [5.74, 6) is 0.288. The molecule has 2 saturated heterocycles. The minimum atomic E-state index is -0.271. The number of carbonyl (C=O) groups is 1. The van der Waals surface area contributed by atoms with Gasteiger partial charge in [-0.1, -0.05) is 12.1 Å². The second kappa shape index (κ2) is 7.89. The number of H-pyrrole nitrogens is 1. The van der Waals surface area contributed by atoms with Crippen LogP contribution in [0.4, 0.5) is 4.39 Å². The van der Waals surface area contributed by atoms with Crippen LogP contribution in [0.1, 0.15) is 39.0 Å². The Bertz CT molecular complexity index is 1100. The lowest BCUT2D eigenvalue weighted by Crippen LogP contribution is -2.35. The van der Waals surface area contributed by atoms with Gasteiger partial charge < -0.3 is 9.88 Å². The number of rotatable bonds is 4. The number of nitrogens with one attached hydrogen (secondary N) is 1. The number of likely N-dealkylation sites (tertiary alicyclic amines) is 2. The zero-order valence-electron chi connectivity index (χ0n) is 17.8. The molecule has 0 aliphatic carbocycles. The second-order valence-electron chi connectivity index (χ2n) is 8.74. The fourth-order valence-corrected chi connectivity index (χ4v) is 5.11. The Morgan fingerprint density at radius 3 is 2.74 bits per heavy atom. The topological polar surface area (TPSA) is 65.1 Å². The van der Waals surface area contributed by atoms with Gasteiger partial charge in [0.2, 0.25) is 0 Å². The molecule has 0 spiro atoms. The monoisotopic (exact) mass is 419 g/mol. The number of benzene rings is 1.